The van der Waals surface area contributed by atoms with Crippen LogP contribution >= 0.6 is 11.6 Å². The van der Waals surface area contributed by atoms with E-state index >= 15 is 0 Å². The minimum Gasteiger partial charge on any atom is -0.338 e. The van der Waals surface area contributed by atoms with Gasteiger partial charge in [-0.1, -0.05) is 17.7 Å². The van der Waals surface area contributed by atoms with Crippen molar-refractivity contribution in [3.05, 3.63) is 29.4 Å². The van der Waals surface area contributed by atoms with Crippen LogP contribution in [0.15, 0.2) is 24.4 Å². The van der Waals surface area contributed by atoms with Crippen molar-refractivity contribution in [1.82, 2.24) is 20.2 Å². The van der Waals surface area contributed by atoms with Gasteiger partial charge in [-0.15, -0.1) is 0 Å². The van der Waals surface area contributed by atoms with E-state index in [2.05, 4.69) is 25.1 Å². The number of hydrogen-bond donors (Lipinski definition) is 1. The molecule has 21 heavy (non-hydrogen) atoms. The van der Waals surface area contributed by atoms with Crippen molar-refractivity contribution in [2.45, 2.75) is 6.04 Å². The van der Waals surface area contributed by atoms with Crippen LogP contribution in [0.5, 0.6) is 0 Å². The minimum atomic E-state index is 0.710. The summed E-state index contributed by atoms with van der Waals surface area (Å²) in [6, 6.07) is 6.52. The minimum absolute atomic E-state index is 0.710. The van der Waals surface area contributed by atoms with Crippen LogP contribution in [-0.2, 0) is 0 Å². The van der Waals surface area contributed by atoms with Gasteiger partial charge in [0.05, 0.1) is 10.5 Å². The summed E-state index contributed by atoms with van der Waals surface area (Å²) >= 11 is 6.17. The molecule has 2 saturated heterocycles. The highest BCUT2D eigenvalue weighted by Gasteiger charge is 2.28. The Kier molecular flexibility index (Phi) is 3.41. The van der Waals surface area contributed by atoms with Gasteiger partial charge in [0.2, 0.25) is 5.95 Å². The van der Waals surface area contributed by atoms with Crippen LogP contribution in [0.25, 0.3) is 10.9 Å². The highest BCUT2D eigenvalue weighted by Crippen LogP contribution is 2.23. The number of anilines is 1. The molecule has 4 rings (SSSR count). The Hall–Kier alpha value is -1.43. The molecule has 2 fully saturated rings. The van der Waals surface area contributed by atoms with E-state index in [1.165, 1.54) is 0 Å². The maximum atomic E-state index is 6.17. The van der Waals surface area contributed by atoms with Crippen molar-refractivity contribution in [1.29, 1.82) is 0 Å². The van der Waals surface area contributed by atoms with E-state index in [0.717, 1.165) is 62.2 Å². The molecule has 0 spiro atoms. The highest BCUT2D eigenvalue weighted by molar-refractivity contribution is 6.35. The SMILES string of the molecule is Clc1cccc2nc(N3CCN(C4CNC4)CC3)ncc12. The van der Waals surface area contributed by atoms with E-state index < -0.39 is 0 Å². The zero-order chi connectivity index (χ0) is 14.2. The first-order chi connectivity index (χ1) is 10.3. The average Bonchev–Trinajstić information content (AvgIpc) is 2.46. The fourth-order valence-corrected chi connectivity index (χ4v) is 3.20. The van der Waals surface area contributed by atoms with Gasteiger partial charge < -0.3 is 10.2 Å². The van der Waals surface area contributed by atoms with E-state index in [4.69, 9.17) is 11.6 Å². The molecule has 0 radical (unpaired) electrons. The number of piperazine rings is 1. The van der Waals surface area contributed by atoms with Gasteiger partial charge in [-0.3, -0.25) is 4.90 Å². The van der Waals surface area contributed by atoms with Gasteiger partial charge in [-0.05, 0) is 12.1 Å². The first-order valence-corrected chi connectivity index (χ1v) is 7.80. The third-order valence-corrected chi connectivity index (χ3v) is 4.76. The molecule has 6 heteroatoms. The predicted octanol–water partition coefficient (Wildman–Crippen LogP) is 1.38. The summed E-state index contributed by atoms with van der Waals surface area (Å²) < 4.78 is 0. The topological polar surface area (TPSA) is 44.3 Å². The summed E-state index contributed by atoms with van der Waals surface area (Å²) in [7, 11) is 0. The van der Waals surface area contributed by atoms with Crippen molar-refractivity contribution in [3.63, 3.8) is 0 Å². The molecule has 0 saturated carbocycles. The Morgan fingerprint density at radius 1 is 1.14 bits per heavy atom. The molecule has 2 aliphatic rings. The number of halogens is 1. The summed E-state index contributed by atoms with van der Waals surface area (Å²) in [4.78, 5) is 14.0. The van der Waals surface area contributed by atoms with Crippen LogP contribution in [0, 0.1) is 0 Å². The van der Waals surface area contributed by atoms with Gasteiger partial charge in [0.1, 0.15) is 0 Å². The Labute approximate surface area is 128 Å². The Morgan fingerprint density at radius 3 is 2.67 bits per heavy atom. The molecule has 110 valence electrons. The number of nitrogens with one attached hydrogen (secondary N) is 1. The lowest BCUT2D eigenvalue weighted by Gasteiger charge is -2.43. The molecular formula is C15H18ClN5. The fraction of sp³-hybridized carbons (Fsp3) is 0.467. The number of nitrogens with zero attached hydrogens (tertiary/aromatic N) is 4. The van der Waals surface area contributed by atoms with Crippen LogP contribution in [0.3, 0.4) is 0 Å². The van der Waals surface area contributed by atoms with E-state index in [1.54, 1.807) is 0 Å². The molecule has 1 aromatic heterocycles. The quantitative estimate of drug-likeness (QED) is 0.908. The standard InChI is InChI=1S/C15H18ClN5/c16-13-2-1-3-14-12(13)10-18-15(19-14)21-6-4-20(5-7-21)11-8-17-9-11/h1-3,10-11,17H,4-9H2. The maximum Gasteiger partial charge on any atom is 0.225 e. The lowest BCUT2D eigenvalue weighted by atomic mass is 10.1. The Morgan fingerprint density at radius 2 is 1.95 bits per heavy atom. The second-order valence-corrected chi connectivity index (χ2v) is 6.08. The van der Waals surface area contributed by atoms with Crippen molar-refractivity contribution in [2.24, 2.45) is 0 Å². The molecule has 0 atom stereocenters. The summed E-state index contributed by atoms with van der Waals surface area (Å²) in [6.45, 7) is 6.41. The Bertz CT molecular complexity index is 650. The molecule has 2 aliphatic heterocycles. The zero-order valence-electron chi connectivity index (χ0n) is 11.8. The third kappa shape index (κ3) is 2.46. The van der Waals surface area contributed by atoms with Crippen LogP contribution < -0.4 is 10.2 Å². The van der Waals surface area contributed by atoms with Gasteiger partial charge in [-0.2, -0.15) is 0 Å². The zero-order valence-corrected chi connectivity index (χ0v) is 12.6. The number of hydrogen-bond acceptors (Lipinski definition) is 5. The third-order valence-electron chi connectivity index (χ3n) is 4.43. The predicted molar refractivity (Wildman–Crippen MR) is 85.0 cm³/mol. The monoisotopic (exact) mass is 303 g/mol. The summed E-state index contributed by atoms with van der Waals surface area (Å²) in [5.74, 6) is 0.816. The number of rotatable bonds is 2. The smallest absolute Gasteiger partial charge is 0.225 e. The normalized spacial score (nSPS) is 20.7. The first kappa shape index (κ1) is 13.2. The average molecular weight is 304 g/mol. The van der Waals surface area contributed by atoms with Crippen LogP contribution in [0.1, 0.15) is 0 Å². The fourth-order valence-electron chi connectivity index (χ4n) is 2.98. The van der Waals surface area contributed by atoms with Gasteiger partial charge in [0, 0.05) is 56.9 Å². The van der Waals surface area contributed by atoms with E-state index in [-0.39, 0.29) is 0 Å². The van der Waals surface area contributed by atoms with E-state index in [1.807, 2.05) is 24.4 Å². The summed E-state index contributed by atoms with van der Waals surface area (Å²) in [5.41, 5.74) is 0.915. The molecule has 1 aromatic carbocycles. The van der Waals surface area contributed by atoms with Crippen LogP contribution in [0.2, 0.25) is 5.02 Å². The molecular weight excluding hydrogens is 286 g/mol. The second kappa shape index (κ2) is 5.40. The maximum absolute atomic E-state index is 6.17. The van der Waals surface area contributed by atoms with Gasteiger partial charge in [-0.25, -0.2) is 9.97 Å². The first-order valence-electron chi connectivity index (χ1n) is 7.42. The number of aromatic nitrogens is 2. The molecule has 0 aliphatic carbocycles. The largest absolute Gasteiger partial charge is 0.338 e. The van der Waals surface area contributed by atoms with E-state index in [0.29, 0.717) is 5.02 Å². The van der Waals surface area contributed by atoms with Gasteiger partial charge in [0.25, 0.3) is 0 Å². The molecule has 0 unspecified atom stereocenters. The lowest BCUT2D eigenvalue weighted by molar-refractivity contribution is 0.137. The van der Waals surface area contributed by atoms with Crippen molar-refractivity contribution in [2.75, 3.05) is 44.2 Å². The molecule has 1 N–H and O–H groups in total. The molecule has 2 aromatic rings. The van der Waals surface area contributed by atoms with Crippen LogP contribution in [0.4, 0.5) is 5.95 Å². The van der Waals surface area contributed by atoms with Crippen molar-refractivity contribution >= 4 is 28.5 Å². The Balaban J connectivity index is 1.51. The second-order valence-electron chi connectivity index (χ2n) is 5.68. The molecule has 5 nitrogen and oxygen atoms in total. The van der Waals surface area contributed by atoms with Crippen molar-refractivity contribution in [3.8, 4) is 0 Å². The van der Waals surface area contributed by atoms with E-state index in [9.17, 15) is 0 Å². The molecule has 0 bridgehead atoms. The molecule has 3 heterocycles. The van der Waals surface area contributed by atoms with Crippen molar-refractivity contribution < 1.29 is 0 Å². The summed E-state index contributed by atoms with van der Waals surface area (Å²) in [6.07, 6.45) is 1.84. The van der Waals surface area contributed by atoms with Gasteiger partial charge in [0.15, 0.2) is 0 Å². The van der Waals surface area contributed by atoms with Gasteiger partial charge >= 0.3 is 0 Å². The number of fused-ring (bicyclic) bond motifs is 1. The number of benzene rings is 1. The van der Waals surface area contributed by atoms with Crippen LogP contribution in [-0.4, -0.2) is 60.2 Å². The lowest BCUT2D eigenvalue weighted by Crippen LogP contribution is -2.61. The highest BCUT2D eigenvalue weighted by atomic mass is 35.5. The summed E-state index contributed by atoms with van der Waals surface area (Å²) in [5, 5.41) is 4.96. The molecule has 0 amide bonds.